The summed E-state index contributed by atoms with van der Waals surface area (Å²) in [6.07, 6.45) is 6.56. The average Bonchev–Trinajstić information content (AvgIpc) is 2.33. The van der Waals surface area contributed by atoms with Crippen molar-refractivity contribution in [3.8, 4) is 0 Å². The molecule has 3 heteroatoms. The van der Waals surface area contributed by atoms with Crippen molar-refractivity contribution in [2.75, 3.05) is 6.61 Å². The number of hydrogen-bond acceptors (Lipinski definition) is 2. The molecule has 0 aliphatic heterocycles. The molecule has 2 aliphatic carbocycles. The molecule has 19 heavy (non-hydrogen) atoms. The van der Waals surface area contributed by atoms with Crippen molar-refractivity contribution in [3.63, 3.8) is 0 Å². The maximum atomic E-state index is 11.3. The van der Waals surface area contributed by atoms with Crippen LogP contribution in [0.3, 0.4) is 0 Å². The van der Waals surface area contributed by atoms with E-state index in [-0.39, 0.29) is 23.9 Å². The fourth-order valence-electron chi connectivity index (χ4n) is 4.65. The summed E-state index contributed by atoms with van der Waals surface area (Å²) in [5.41, 5.74) is 0.962. The first kappa shape index (κ1) is 14.6. The second-order valence-electron chi connectivity index (χ2n) is 6.95. The van der Waals surface area contributed by atoms with Crippen LogP contribution in [0.2, 0.25) is 0 Å². The molecule has 0 heterocycles. The number of allylic oxidation sites excluding steroid dienone is 1. The Morgan fingerprint density at radius 1 is 1.42 bits per heavy atom. The zero-order valence-corrected chi connectivity index (χ0v) is 12.3. The van der Waals surface area contributed by atoms with Gasteiger partial charge in [0.05, 0.1) is 13.0 Å². The fraction of sp³-hybridized carbons (Fsp3) is 0.812. The SMILES string of the molecule is C[C@@H]1CC[C@@]2(C)C(CO)=CCC[C@H]2[C@@]1(C)CC(=O)O. The molecule has 0 spiro atoms. The molecule has 0 amide bonds. The predicted molar refractivity (Wildman–Crippen MR) is 74.8 cm³/mol. The zero-order valence-electron chi connectivity index (χ0n) is 12.3. The van der Waals surface area contributed by atoms with Crippen molar-refractivity contribution in [1.82, 2.24) is 0 Å². The van der Waals surface area contributed by atoms with Crippen molar-refractivity contribution in [2.45, 2.75) is 52.9 Å². The summed E-state index contributed by atoms with van der Waals surface area (Å²) >= 11 is 0. The maximum Gasteiger partial charge on any atom is 0.303 e. The Bertz CT molecular complexity index is 401. The first-order chi connectivity index (χ1) is 8.84. The molecule has 0 unspecified atom stereocenters. The number of hydrogen-bond donors (Lipinski definition) is 2. The summed E-state index contributed by atoms with van der Waals surface area (Å²) in [7, 11) is 0. The number of rotatable bonds is 3. The van der Waals surface area contributed by atoms with Gasteiger partial charge in [0.25, 0.3) is 0 Å². The molecule has 0 saturated heterocycles. The lowest BCUT2D eigenvalue weighted by atomic mass is 9.47. The molecule has 0 aromatic rings. The lowest BCUT2D eigenvalue weighted by Crippen LogP contribution is -2.51. The molecule has 1 fully saturated rings. The van der Waals surface area contributed by atoms with Gasteiger partial charge in [0.1, 0.15) is 0 Å². The van der Waals surface area contributed by atoms with Crippen molar-refractivity contribution in [3.05, 3.63) is 11.6 Å². The Labute approximate surface area is 115 Å². The molecule has 0 radical (unpaired) electrons. The van der Waals surface area contributed by atoms with Crippen molar-refractivity contribution in [2.24, 2.45) is 22.7 Å². The third-order valence-corrected chi connectivity index (χ3v) is 6.07. The van der Waals surface area contributed by atoms with Gasteiger partial charge in [-0.1, -0.05) is 26.8 Å². The average molecular weight is 266 g/mol. The quantitative estimate of drug-likeness (QED) is 0.771. The fourth-order valence-corrected chi connectivity index (χ4v) is 4.65. The highest BCUT2D eigenvalue weighted by molar-refractivity contribution is 5.68. The van der Waals surface area contributed by atoms with E-state index in [2.05, 4.69) is 26.8 Å². The number of aliphatic hydroxyl groups is 1. The molecule has 2 rings (SSSR count). The van der Waals surface area contributed by atoms with Gasteiger partial charge in [0.15, 0.2) is 0 Å². The number of carboxylic acids is 1. The topological polar surface area (TPSA) is 57.5 Å². The molecule has 0 aromatic heterocycles. The third kappa shape index (κ3) is 2.22. The van der Waals surface area contributed by atoms with E-state index in [9.17, 15) is 15.0 Å². The van der Waals surface area contributed by atoms with Crippen LogP contribution in [-0.4, -0.2) is 22.8 Å². The number of carbonyl (C=O) groups is 1. The van der Waals surface area contributed by atoms with E-state index in [0.29, 0.717) is 11.8 Å². The second-order valence-corrected chi connectivity index (χ2v) is 6.95. The summed E-state index contributed by atoms with van der Waals surface area (Å²) < 4.78 is 0. The monoisotopic (exact) mass is 266 g/mol. The molecule has 2 N–H and O–H groups in total. The van der Waals surface area contributed by atoms with Crippen LogP contribution in [0.25, 0.3) is 0 Å². The van der Waals surface area contributed by atoms with E-state index in [1.54, 1.807) is 0 Å². The first-order valence-corrected chi connectivity index (χ1v) is 7.36. The highest BCUT2D eigenvalue weighted by Gasteiger charge is 2.54. The van der Waals surface area contributed by atoms with Crippen LogP contribution in [0.1, 0.15) is 52.9 Å². The van der Waals surface area contributed by atoms with E-state index in [1.807, 2.05) is 0 Å². The Balaban J connectivity index is 2.40. The van der Waals surface area contributed by atoms with Crippen molar-refractivity contribution >= 4 is 5.97 Å². The van der Waals surface area contributed by atoms with Gasteiger partial charge in [-0.25, -0.2) is 0 Å². The van der Waals surface area contributed by atoms with Crippen LogP contribution < -0.4 is 0 Å². The molecule has 3 nitrogen and oxygen atoms in total. The Kier molecular flexibility index (Phi) is 3.78. The van der Waals surface area contributed by atoms with Crippen LogP contribution in [0.15, 0.2) is 11.6 Å². The smallest absolute Gasteiger partial charge is 0.303 e. The van der Waals surface area contributed by atoms with Gasteiger partial charge >= 0.3 is 5.97 Å². The first-order valence-electron chi connectivity index (χ1n) is 7.36. The highest BCUT2D eigenvalue weighted by Crippen LogP contribution is 2.61. The molecular formula is C16H26O3. The largest absolute Gasteiger partial charge is 0.481 e. The van der Waals surface area contributed by atoms with Crippen molar-refractivity contribution in [1.29, 1.82) is 0 Å². The number of fused-ring (bicyclic) bond motifs is 1. The third-order valence-electron chi connectivity index (χ3n) is 6.07. The van der Waals surface area contributed by atoms with E-state index in [4.69, 9.17) is 0 Å². The van der Waals surface area contributed by atoms with Crippen molar-refractivity contribution < 1.29 is 15.0 Å². The Morgan fingerprint density at radius 2 is 2.11 bits per heavy atom. The molecule has 108 valence electrons. The minimum absolute atomic E-state index is 0.0102. The Morgan fingerprint density at radius 3 is 2.68 bits per heavy atom. The van der Waals surface area contributed by atoms with Gasteiger partial charge in [-0.2, -0.15) is 0 Å². The lowest BCUT2D eigenvalue weighted by molar-refractivity contribution is -0.145. The van der Waals surface area contributed by atoms with Gasteiger partial charge < -0.3 is 10.2 Å². The number of aliphatic hydroxyl groups excluding tert-OH is 1. The van der Waals surface area contributed by atoms with Gasteiger partial charge in [-0.15, -0.1) is 0 Å². The Hall–Kier alpha value is -0.830. The summed E-state index contributed by atoms with van der Waals surface area (Å²) in [6, 6.07) is 0. The van der Waals surface area contributed by atoms with E-state index >= 15 is 0 Å². The van der Waals surface area contributed by atoms with Crippen LogP contribution in [0.4, 0.5) is 0 Å². The number of aliphatic carboxylic acids is 1. The molecule has 0 aromatic carbocycles. The van der Waals surface area contributed by atoms with Crippen LogP contribution >= 0.6 is 0 Å². The van der Waals surface area contributed by atoms with E-state index in [0.717, 1.165) is 31.3 Å². The number of carboxylic acid groups (broad SMARTS) is 1. The van der Waals surface area contributed by atoms with Crippen LogP contribution in [-0.2, 0) is 4.79 Å². The molecular weight excluding hydrogens is 240 g/mol. The molecule has 4 atom stereocenters. The molecule has 0 bridgehead atoms. The van der Waals surface area contributed by atoms with E-state index in [1.165, 1.54) is 0 Å². The minimum Gasteiger partial charge on any atom is -0.481 e. The summed E-state index contributed by atoms with van der Waals surface area (Å²) in [5.74, 6) is 0.102. The van der Waals surface area contributed by atoms with E-state index < -0.39 is 5.97 Å². The molecule has 2 aliphatic rings. The zero-order chi connectivity index (χ0) is 14.3. The van der Waals surface area contributed by atoms with Gasteiger partial charge in [-0.05, 0) is 53.9 Å². The van der Waals surface area contributed by atoms with Crippen LogP contribution in [0, 0.1) is 22.7 Å². The van der Waals surface area contributed by atoms with Crippen LogP contribution in [0.5, 0.6) is 0 Å². The summed E-state index contributed by atoms with van der Waals surface area (Å²) in [6.45, 7) is 6.68. The standard InChI is InChI=1S/C16H26O3/c1-11-7-8-15(2)12(10-17)5-4-6-13(15)16(11,3)9-14(18)19/h5,11,13,17H,4,6-10H2,1-3H3,(H,18,19)/t11-,13-,15+,16+/m1/s1. The van der Waals surface area contributed by atoms with Gasteiger partial charge in [0, 0.05) is 0 Å². The highest BCUT2D eigenvalue weighted by atomic mass is 16.4. The minimum atomic E-state index is -0.696. The predicted octanol–water partition coefficient (Wildman–Crippen LogP) is 3.23. The molecule has 1 saturated carbocycles. The van der Waals surface area contributed by atoms with Gasteiger partial charge in [-0.3, -0.25) is 4.79 Å². The summed E-state index contributed by atoms with van der Waals surface area (Å²) in [5, 5.41) is 18.9. The lowest BCUT2D eigenvalue weighted by Gasteiger charge is -2.57. The van der Waals surface area contributed by atoms with Gasteiger partial charge in [0.2, 0.25) is 0 Å². The normalized spacial score (nSPS) is 42.4. The maximum absolute atomic E-state index is 11.3. The summed E-state index contributed by atoms with van der Waals surface area (Å²) in [4.78, 5) is 11.3. The second kappa shape index (κ2) is 4.93.